The van der Waals surface area contributed by atoms with E-state index in [1.807, 2.05) is 6.92 Å². The maximum Gasteiger partial charge on any atom is 0.335 e. The van der Waals surface area contributed by atoms with Gasteiger partial charge in [0.15, 0.2) is 0 Å². The number of barbiturate groups is 1. The van der Waals surface area contributed by atoms with Gasteiger partial charge in [-0.15, -0.1) is 0 Å². The van der Waals surface area contributed by atoms with Gasteiger partial charge in [0.05, 0.1) is 12.0 Å². The summed E-state index contributed by atoms with van der Waals surface area (Å²) in [6.45, 7) is 1.84. The summed E-state index contributed by atoms with van der Waals surface area (Å²) < 4.78 is 5.99. The number of nitrogens with zero attached hydrogens (tertiary/aromatic N) is 1. The summed E-state index contributed by atoms with van der Waals surface area (Å²) >= 11 is 3.37. The Kier molecular flexibility index (Phi) is 4.67. The van der Waals surface area contributed by atoms with E-state index < -0.39 is 17.8 Å². The molecule has 0 spiro atoms. The third-order valence-electron chi connectivity index (χ3n) is 3.57. The van der Waals surface area contributed by atoms with Gasteiger partial charge >= 0.3 is 6.03 Å². The predicted molar refractivity (Wildman–Crippen MR) is 95.7 cm³/mol. The maximum absolute atomic E-state index is 12.6. The number of urea groups is 1. The summed E-state index contributed by atoms with van der Waals surface area (Å²) in [4.78, 5) is 37.7. The van der Waals surface area contributed by atoms with Gasteiger partial charge in [-0.25, -0.2) is 9.69 Å². The van der Waals surface area contributed by atoms with Crippen molar-refractivity contribution in [2.45, 2.75) is 6.92 Å². The van der Waals surface area contributed by atoms with E-state index in [0.29, 0.717) is 11.4 Å². The number of carbonyl (C=O) groups excluding carboxylic acids is 3. The predicted octanol–water partition coefficient (Wildman–Crippen LogP) is 3.57. The Hall–Kier alpha value is -2.93. The molecule has 7 heteroatoms. The SMILES string of the molecule is Cc1cc(N2C(=O)NC(=O)C(=CC=Cc3ccco3)C2=O)ccc1Br. The minimum atomic E-state index is -0.774. The highest BCUT2D eigenvalue weighted by Gasteiger charge is 2.36. The number of imide groups is 2. The second-order valence-corrected chi connectivity index (χ2v) is 6.14. The lowest BCUT2D eigenvalue weighted by Gasteiger charge is -2.26. The third kappa shape index (κ3) is 3.46. The molecule has 2 heterocycles. The summed E-state index contributed by atoms with van der Waals surface area (Å²) in [5.74, 6) is -0.833. The fourth-order valence-corrected chi connectivity index (χ4v) is 2.55. The molecule has 4 amide bonds. The lowest BCUT2D eigenvalue weighted by Crippen LogP contribution is -2.54. The number of rotatable bonds is 3. The largest absolute Gasteiger partial charge is 0.465 e. The van der Waals surface area contributed by atoms with E-state index in [9.17, 15) is 14.4 Å². The topological polar surface area (TPSA) is 79.6 Å². The van der Waals surface area contributed by atoms with Gasteiger partial charge in [-0.05, 0) is 55.0 Å². The number of hydrogen-bond donors (Lipinski definition) is 1. The van der Waals surface area contributed by atoms with Crippen molar-refractivity contribution < 1.29 is 18.8 Å². The molecule has 0 unspecified atom stereocenters. The lowest BCUT2D eigenvalue weighted by atomic mass is 10.1. The Morgan fingerprint density at radius 1 is 1.20 bits per heavy atom. The minimum Gasteiger partial charge on any atom is -0.465 e. The molecule has 0 aliphatic carbocycles. The zero-order valence-electron chi connectivity index (χ0n) is 13.2. The number of aryl methyl sites for hydroxylation is 1. The molecule has 1 aliphatic heterocycles. The van der Waals surface area contributed by atoms with Gasteiger partial charge in [-0.2, -0.15) is 0 Å². The Labute approximate surface area is 151 Å². The molecule has 1 aliphatic rings. The van der Waals surface area contributed by atoms with Gasteiger partial charge in [0.25, 0.3) is 11.8 Å². The number of allylic oxidation sites excluding steroid dienone is 2. The molecule has 1 aromatic carbocycles. The summed E-state index contributed by atoms with van der Waals surface area (Å²) in [6, 6.07) is 7.74. The van der Waals surface area contributed by atoms with Crippen LogP contribution in [0, 0.1) is 6.92 Å². The van der Waals surface area contributed by atoms with Crippen LogP contribution < -0.4 is 10.2 Å². The molecule has 25 heavy (non-hydrogen) atoms. The van der Waals surface area contributed by atoms with E-state index in [4.69, 9.17) is 4.42 Å². The third-order valence-corrected chi connectivity index (χ3v) is 4.46. The molecule has 0 atom stereocenters. The van der Waals surface area contributed by atoms with Crippen molar-refractivity contribution in [2.24, 2.45) is 0 Å². The Morgan fingerprint density at radius 2 is 2.00 bits per heavy atom. The average Bonchev–Trinajstić information content (AvgIpc) is 3.07. The fourth-order valence-electron chi connectivity index (χ4n) is 2.30. The molecule has 3 rings (SSSR count). The summed E-state index contributed by atoms with van der Waals surface area (Å²) in [5, 5.41) is 2.18. The van der Waals surface area contributed by atoms with Crippen LogP contribution in [-0.2, 0) is 9.59 Å². The molecule has 0 bridgehead atoms. The van der Waals surface area contributed by atoms with E-state index in [-0.39, 0.29) is 5.57 Å². The average molecular weight is 401 g/mol. The van der Waals surface area contributed by atoms with Crippen LogP contribution in [0.2, 0.25) is 0 Å². The highest BCUT2D eigenvalue weighted by atomic mass is 79.9. The quantitative estimate of drug-likeness (QED) is 0.630. The monoisotopic (exact) mass is 400 g/mol. The Bertz CT molecular complexity index is 913. The second-order valence-electron chi connectivity index (χ2n) is 5.29. The number of carbonyl (C=O) groups is 3. The number of halogens is 1. The highest BCUT2D eigenvalue weighted by molar-refractivity contribution is 9.10. The van der Waals surface area contributed by atoms with Crippen LogP contribution in [-0.4, -0.2) is 17.8 Å². The molecular formula is C18H13BrN2O4. The van der Waals surface area contributed by atoms with Crippen LogP contribution in [0.3, 0.4) is 0 Å². The molecule has 1 aromatic heterocycles. The van der Waals surface area contributed by atoms with Gasteiger partial charge in [0.1, 0.15) is 11.3 Å². The molecule has 1 fully saturated rings. The number of anilines is 1. The van der Waals surface area contributed by atoms with Crippen LogP contribution in [0.5, 0.6) is 0 Å². The van der Waals surface area contributed by atoms with E-state index in [0.717, 1.165) is 14.9 Å². The standard InChI is InChI=1S/C18H13BrN2O4/c1-11-10-12(7-8-15(11)19)21-17(23)14(16(22)20-18(21)24)6-2-4-13-5-3-9-25-13/h2-10H,1H3,(H,20,22,24). The lowest BCUT2D eigenvalue weighted by molar-refractivity contribution is -0.122. The van der Waals surface area contributed by atoms with Crippen molar-refractivity contribution in [1.82, 2.24) is 5.32 Å². The summed E-state index contributed by atoms with van der Waals surface area (Å²) in [5.41, 5.74) is 1.11. The van der Waals surface area contributed by atoms with E-state index in [2.05, 4.69) is 21.2 Å². The van der Waals surface area contributed by atoms with Crippen LogP contribution in [0.25, 0.3) is 6.08 Å². The molecule has 0 saturated carbocycles. The van der Waals surface area contributed by atoms with Crippen molar-refractivity contribution in [3.05, 3.63) is 70.1 Å². The van der Waals surface area contributed by atoms with Crippen LogP contribution >= 0.6 is 15.9 Å². The zero-order chi connectivity index (χ0) is 18.0. The number of nitrogens with one attached hydrogen (secondary N) is 1. The first-order valence-electron chi connectivity index (χ1n) is 7.35. The maximum atomic E-state index is 12.6. The zero-order valence-corrected chi connectivity index (χ0v) is 14.7. The molecule has 126 valence electrons. The molecule has 1 N–H and O–H groups in total. The minimum absolute atomic E-state index is 0.136. The highest BCUT2D eigenvalue weighted by Crippen LogP contribution is 2.25. The molecular weight excluding hydrogens is 388 g/mol. The van der Waals surface area contributed by atoms with Crippen molar-refractivity contribution >= 4 is 45.5 Å². The van der Waals surface area contributed by atoms with E-state index in [1.54, 1.807) is 36.4 Å². The number of furan rings is 1. The molecule has 0 radical (unpaired) electrons. The van der Waals surface area contributed by atoms with E-state index >= 15 is 0 Å². The number of amides is 4. The van der Waals surface area contributed by atoms with Gasteiger partial charge in [-0.3, -0.25) is 14.9 Å². The molecule has 1 saturated heterocycles. The smallest absolute Gasteiger partial charge is 0.335 e. The molecule has 6 nitrogen and oxygen atoms in total. The van der Waals surface area contributed by atoms with Crippen LogP contribution in [0.15, 0.2) is 63.2 Å². The van der Waals surface area contributed by atoms with Gasteiger partial charge in [0.2, 0.25) is 0 Å². The van der Waals surface area contributed by atoms with Crippen LogP contribution in [0.1, 0.15) is 11.3 Å². The number of hydrogen-bond acceptors (Lipinski definition) is 4. The Morgan fingerprint density at radius 3 is 2.68 bits per heavy atom. The fraction of sp³-hybridized carbons (Fsp3) is 0.0556. The second kappa shape index (κ2) is 6.90. The number of benzene rings is 1. The Balaban J connectivity index is 1.92. The van der Waals surface area contributed by atoms with Crippen molar-refractivity contribution in [2.75, 3.05) is 4.90 Å². The van der Waals surface area contributed by atoms with Crippen molar-refractivity contribution in [1.29, 1.82) is 0 Å². The first-order valence-corrected chi connectivity index (χ1v) is 8.14. The first-order chi connectivity index (χ1) is 12.0. The van der Waals surface area contributed by atoms with E-state index in [1.165, 1.54) is 18.4 Å². The normalized spacial score (nSPS) is 16.8. The van der Waals surface area contributed by atoms with Crippen molar-refractivity contribution in [3.63, 3.8) is 0 Å². The molecule has 2 aromatic rings. The summed E-state index contributed by atoms with van der Waals surface area (Å²) in [6.07, 6.45) is 6.00. The summed E-state index contributed by atoms with van der Waals surface area (Å²) in [7, 11) is 0. The van der Waals surface area contributed by atoms with Gasteiger partial charge in [0, 0.05) is 4.47 Å². The van der Waals surface area contributed by atoms with Gasteiger partial charge < -0.3 is 4.42 Å². The van der Waals surface area contributed by atoms with Gasteiger partial charge in [-0.1, -0.05) is 22.0 Å². The van der Waals surface area contributed by atoms with Crippen molar-refractivity contribution in [3.8, 4) is 0 Å². The van der Waals surface area contributed by atoms with Crippen LogP contribution in [0.4, 0.5) is 10.5 Å². The first kappa shape index (κ1) is 16.9.